The second kappa shape index (κ2) is 10.5. The van der Waals surface area contributed by atoms with Crippen molar-refractivity contribution in [2.75, 3.05) is 21.0 Å². The lowest BCUT2D eigenvalue weighted by atomic mass is 10.2. The molecule has 0 aliphatic heterocycles. The van der Waals surface area contributed by atoms with Crippen LogP contribution in [0.3, 0.4) is 0 Å². The second-order valence-corrected chi connectivity index (χ2v) is 7.14. The number of esters is 1. The van der Waals surface area contributed by atoms with E-state index in [0.717, 1.165) is 15.4 Å². The average Bonchev–Trinajstić information content (AvgIpc) is 2.77. The molecule has 0 spiro atoms. The van der Waals surface area contributed by atoms with Gasteiger partial charge in [0, 0.05) is 16.9 Å². The number of benzene rings is 3. The second-order valence-electron chi connectivity index (χ2n) is 6.03. The van der Waals surface area contributed by atoms with E-state index in [2.05, 4.69) is 0 Å². The molecular weight excluding hydrogens is 388 g/mol. The van der Waals surface area contributed by atoms with Crippen molar-refractivity contribution in [1.82, 2.24) is 0 Å². The molecule has 0 saturated heterocycles. The summed E-state index contributed by atoms with van der Waals surface area (Å²) in [7, 11) is 2.89. The molecule has 3 aromatic carbocycles. The van der Waals surface area contributed by atoms with Crippen LogP contribution in [0, 0.1) is 0 Å². The van der Waals surface area contributed by atoms with Crippen LogP contribution in [0.2, 0.25) is 0 Å². The predicted octanol–water partition coefficient (Wildman–Crippen LogP) is 5.19. The molecule has 0 amide bonds. The third-order valence-electron chi connectivity index (χ3n) is 3.99. The zero-order chi connectivity index (χ0) is 20.5. The molecule has 0 unspecified atom stereocenters. The van der Waals surface area contributed by atoms with Crippen LogP contribution in [-0.4, -0.2) is 27.0 Å². The lowest BCUT2D eigenvalue weighted by molar-refractivity contribution is 0.0476. The molecule has 0 aliphatic carbocycles. The highest BCUT2D eigenvalue weighted by Gasteiger charge is 2.19. The SMILES string of the molecule is COCOc1cc(C(=O)OC)c(Sc2ccccc2)cc1OCc1ccccc1. The van der Waals surface area contributed by atoms with Crippen molar-refractivity contribution in [2.24, 2.45) is 0 Å². The van der Waals surface area contributed by atoms with E-state index in [9.17, 15) is 4.79 Å². The number of ether oxygens (including phenoxy) is 4. The third-order valence-corrected chi connectivity index (χ3v) is 5.06. The quantitative estimate of drug-likeness (QED) is 0.358. The Kier molecular flexibility index (Phi) is 7.55. The lowest BCUT2D eigenvalue weighted by Gasteiger charge is -2.16. The van der Waals surface area contributed by atoms with E-state index >= 15 is 0 Å². The smallest absolute Gasteiger partial charge is 0.339 e. The maximum Gasteiger partial charge on any atom is 0.339 e. The van der Waals surface area contributed by atoms with Crippen LogP contribution in [0.5, 0.6) is 11.5 Å². The zero-order valence-corrected chi connectivity index (χ0v) is 17.1. The predicted molar refractivity (Wildman–Crippen MR) is 112 cm³/mol. The first-order chi connectivity index (χ1) is 14.2. The zero-order valence-electron chi connectivity index (χ0n) is 16.3. The molecule has 0 bridgehead atoms. The maximum absolute atomic E-state index is 12.4. The first-order valence-electron chi connectivity index (χ1n) is 8.99. The molecule has 0 radical (unpaired) electrons. The Balaban J connectivity index is 1.96. The van der Waals surface area contributed by atoms with Gasteiger partial charge >= 0.3 is 5.97 Å². The Hall–Kier alpha value is -2.96. The van der Waals surface area contributed by atoms with Crippen molar-refractivity contribution >= 4 is 17.7 Å². The summed E-state index contributed by atoms with van der Waals surface area (Å²) in [6.45, 7) is 0.407. The van der Waals surface area contributed by atoms with Gasteiger partial charge in [0.1, 0.15) is 6.61 Å². The van der Waals surface area contributed by atoms with E-state index < -0.39 is 5.97 Å². The van der Waals surface area contributed by atoms with Crippen LogP contribution in [0.4, 0.5) is 0 Å². The van der Waals surface area contributed by atoms with E-state index in [1.165, 1.54) is 26.0 Å². The topological polar surface area (TPSA) is 54.0 Å². The molecule has 3 aromatic rings. The van der Waals surface area contributed by atoms with Crippen LogP contribution >= 0.6 is 11.8 Å². The molecule has 150 valence electrons. The van der Waals surface area contributed by atoms with Gasteiger partial charge in [-0.3, -0.25) is 0 Å². The van der Waals surface area contributed by atoms with Gasteiger partial charge in [-0.1, -0.05) is 60.3 Å². The van der Waals surface area contributed by atoms with Gasteiger partial charge in [-0.25, -0.2) is 4.79 Å². The summed E-state index contributed by atoms with van der Waals surface area (Å²) in [4.78, 5) is 14.1. The Bertz CT molecular complexity index is 929. The van der Waals surface area contributed by atoms with E-state index in [-0.39, 0.29) is 6.79 Å². The number of carbonyl (C=O) groups excluding carboxylic acids is 1. The van der Waals surface area contributed by atoms with Crippen LogP contribution in [0.15, 0.2) is 82.6 Å². The van der Waals surface area contributed by atoms with Gasteiger partial charge in [0.2, 0.25) is 0 Å². The van der Waals surface area contributed by atoms with Crippen LogP contribution < -0.4 is 9.47 Å². The highest BCUT2D eigenvalue weighted by Crippen LogP contribution is 2.39. The van der Waals surface area contributed by atoms with Crippen molar-refractivity contribution < 1.29 is 23.7 Å². The molecule has 0 N–H and O–H groups in total. The monoisotopic (exact) mass is 410 g/mol. The fraction of sp³-hybridized carbons (Fsp3) is 0.174. The fourth-order valence-corrected chi connectivity index (χ4v) is 3.56. The fourth-order valence-electron chi connectivity index (χ4n) is 2.59. The van der Waals surface area contributed by atoms with Crippen LogP contribution in [0.25, 0.3) is 0 Å². The molecule has 0 heterocycles. The van der Waals surface area contributed by atoms with Crippen LogP contribution in [0.1, 0.15) is 15.9 Å². The molecule has 3 rings (SSSR count). The van der Waals surface area contributed by atoms with Gasteiger partial charge in [0.15, 0.2) is 18.3 Å². The number of hydrogen-bond acceptors (Lipinski definition) is 6. The lowest BCUT2D eigenvalue weighted by Crippen LogP contribution is -2.08. The normalized spacial score (nSPS) is 10.4. The van der Waals surface area contributed by atoms with Gasteiger partial charge in [-0.15, -0.1) is 0 Å². The number of hydrogen-bond donors (Lipinski definition) is 0. The first-order valence-corrected chi connectivity index (χ1v) is 9.80. The molecule has 6 heteroatoms. The van der Waals surface area contributed by atoms with Crippen molar-refractivity contribution in [3.8, 4) is 11.5 Å². The summed E-state index contributed by atoms with van der Waals surface area (Å²) >= 11 is 1.46. The minimum Gasteiger partial charge on any atom is -0.485 e. The standard InChI is InChI=1S/C23H22O5S/c1-25-16-28-20-13-19(23(24)26-2)22(29-18-11-7-4-8-12-18)14-21(20)27-15-17-9-5-3-6-10-17/h3-14H,15-16H2,1-2H3. The average molecular weight is 410 g/mol. The van der Waals surface area contributed by atoms with Crippen LogP contribution in [-0.2, 0) is 16.1 Å². The number of rotatable bonds is 9. The first kappa shape index (κ1) is 20.8. The molecule has 0 atom stereocenters. The van der Waals surface area contributed by atoms with E-state index in [1.807, 2.05) is 60.7 Å². The summed E-state index contributed by atoms with van der Waals surface area (Å²) in [6, 6.07) is 23.1. The van der Waals surface area contributed by atoms with Crippen molar-refractivity contribution in [3.63, 3.8) is 0 Å². The summed E-state index contributed by atoms with van der Waals surface area (Å²) < 4.78 is 21.7. The summed E-state index contributed by atoms with van der Waals surface area (Å²) in [6.07, 6.45) is 0. The van der Waals surface area contributed by atoms with Gasteiger partial charge in [0.05, 0.1) is 12.7 Å². The maximum atomic E-state index is 12.4. The van der Waals surface area contributed by atoms with Gasteiger partial charge in [-0.2, -0.15) is 0 Å². The van der Waals surface area contributed by atoms with Crippen molar-refractivity contribution in [3.05, 3.63) is 83.9 Å². The summed E-state index contributed by atoms with van der Waals surface area (Å²) in [5, 5.41) is 0. The van der Waals surface area contributed by atoms with Crippen molar-refractivity contribution in [1.29, 1.82) is 0 Å². The van der Waals surface area contributed by atoms with E-state index in [0.29, 0.717) is 23.7 Å². The number of methoxy groups -OCH3 is 2. The molecule has 29 heavy (non-hydrogen) atoms. The molecule has 0 fully saturated rings. The van der Waals surface area contributed by atoms with Gasteiger partial charge in [-0.05, 0) is 29.8 Å². The van der Waals surface area contributed by atoms with Gasteiger partial charge < -0.3 is 18.9 Å². The molecule has 0 aromatic heterocycles. The van der Waals surface area contributed by atoms with E-state index in [4.69, 9.17) is 18.9 Å². The Morgan fingerprint density at radius 3 is 2.17 bits per heavy atom. The largest absolute Gasteiger partial charge is 0.485 e. The minimum absolute atomic E-state index is 0.0352. The van der Waals surface area contributed by atoms with Gasteiger partial charge in [0.25, 0.3) is 0 Å². The minimum atomic E-state index is -0.444. The highest BCUT2D eigenvalue weighted by atomic mass is 32.2. The Labute approximate surface area is 174 Å². The van der Waals surface area contributed by atoms with E-state index in [1.54, 1.807) is 12.1 Å². The third kappa shape index (κ3) is 5.76. The van der Waals surface area contributed by atoms with Crippen molar-refractivity contribution in [2.45, 2.75) is 16.4 Å². The molecule has 0 aliphatic rings. The summed E-state index contributed by atoms with van der Waals surface area (Å²) in [5.74, 6) is 0.498. The Morgan fingerprint density at radius 2 is 1.52 bits per heavy atom. The molecule has 5 nitrogen and oxygen atoms in total. The highest BCUT2D eigenvalue weighted by molar-refractivity contribution is 7.99. The molecular formula is C23H22O5S. The Morgan fingerprint density at radius 1 is 0.862 bits per heavy atom. The number of carbonyl (C=O) groups is 1. The summed E-state index contributed by atoms with van der Waals surface area (Å²) in [5.41, 5.74) is 1.43. The molecule has 0 saturated carbocycles.